The zero-order chi connectivity index (χ0) is 20.7. The largest absolute Gasteiger partial charge is 0.383 e. The molecule has 0 unspecified atom stereocenters. The van der Waals surface area contributed by atoms with Crippen molar-refractivity contribution in [3.05, 3.63) is 59.4 Å². The van der Waals surface area contributed by atoms with Crippen LogP contribution in [-0.2, 0) is 0 Å². The molecule has 3 heterocycles. The van der Waals surface area contributed by atoms with Gasteiger partial charge in [0.1, 0.15) is 11.6 Å². The fourth-order valence-electron chi connectivity index (χ4n) is 3.86. The smallest absolute Gasteiger partial charge is 0.228 e. The van der Waals surface area contributed by atoms with Crippen LogP contribution in [-0.4, -0.2) is 32.8 Å². The molecule has 2 N–H and O–H groups in total. The lowest BCUT2D eigenvalue weighted by atomic mass is 10.1. The second-order valence-corrected chi connectivity index (χ2v) is 7.84. The normalized spacial score (nSPS) is 14.4. The molecule has 2 aromatic heterocycles. The van der Waals surface area contributed by atoms with Crippen molar-refractivity contribution in [1.82, 2.24) is 19.7 Å². The molecule has 0 amide bonds. The number of anilines is 2. The first kappa shape index (κ1) is 18.8. The van der Waals surface area contributed by atoms with Gasteiger partial charge in [-0.2, -0.15) is 4.98 Å². The van der Waals surface area contributed by atoms with Crippen LogP contribution in [0.2, 0.25) is 5.02 Å². The average molecular weight is 423 g/mol. The molecule has 1 aliphatic rings. The number of nitrogens with zero attached hydrogens (tertiary/aromatic N) is 5. The highest BCUT2D eigenvalue weighted by molar-refractivity contribution is 6.30. The monoisotopic (exact) mass is 422 g/mol. The number of hydrogen-bond donors (Lipinski definition) is 1. The molecular formula is C22H20ClFN6. The van der Waals surface area contributed by atoms with Gasteiger partial charge in [-0.1, -0.05) is 29.8 Å². The van der Waals surface area contributed by atoms with E-state index in [9.17, 15) is 4.39 Å². The summed E-state index contributed by atoms with van der Waals surface area (Å²) in [5, 5.41) is 5.89. The van der Waals surface area contributed by atoms with Crippen molar-refractivity contribution in [2.24, 2.45) is 0 Å². The molecule has 2 aromatic carbocycles. The quantitative estimate of drug-likeness (QED) is 0.511. The molecule has 1 saturated heterocycles. The van der Waals surface area contributed by atoms with Gasteiger partial charge in [0.25, 0.3) is 0 Å². The van der Waals surface area contributed by atoms with Crippen molar-refractivity contribution >= 4 is 34.4 Å². The predicted octanol–water partition coefficient (Wildman–Crippen LogP) is 4.85. The summed E-state index contributed by atoms with van der Waals surface area (Å²) in [5.74, 6) is 0.645. The summed E-state index contributed by atoms with van der Waals surface area (Å²) in [6, 6.07) is 13.6. The molecule has 0 bridgehead atoms. The lowest BCUT2D eigenvalue weighted by Crippen LogP contribution is -2.31. The van der Waals surface area contributed by atoms with Crippen LogP contribution in [0.15, 0.2) is 48.5 Å². The van der Waals surface area contributed by atoms with Gasteiger partial charge >= 0.3 is 0 Å². The summed E-state index contributed by atoms with van der Waals surface area (Å²) in [4.78, 5) is 11.8. The second kappa shape index (κ2) is 7.57. The van der Waals surface area contributed by atoms with E-state index in [0.29, 0.717) is 39.2 Å². The van der Waals surface area contributed by atoms with E-state index in [2.05, 4.69) is 10.00 Å². The van der Waals surface area contributed by atoms with E-state index >= 15 is 0 Å². The number of fused-ring (bicyclic) bond motifs is 1. The standard InChI is InChI=1S/C22H20ClFN6/c23-15-9-7-14(8-10-15)19-18-20(25)30(17-6-4-5-16(24)13-17)28-21(18)27-22(26-19)29-11-2-1-3-12-29/h4-10,13H,1-3,11-12,25H2. The van der Waals surface area contributed by atoms with Crippen molar-refractivity contribution in [2.75, 3.05) is 23.7 Å². The van der Waals surface area contributed by atoms with Gasteiger partial charge < -0.3 is 10.6 Å². The summed E-state index contributed by atoms with van der Waals surface area (Å²) in [5.41, 5.74) is 9.06. The first-order valence-corrected chi connectivity index (χ1v) is 10.3. The third-order valence-corrected chi connectivity index (χ3v) is 5.62. The molecule has 1 fully saturated rings. The average Bonchev–Trinajstić information content (AvgIpc) is 3.11. The topological polar surface area (TPSA) is 72.9 Å². The van der Waals surface area contributed by atoms with Crippen LogP contribution < -0.4 is 10.6 Å². The maximum Gasteiger partial charge on any atom is 0.228 e. The molecule has 0 atom stereocenters. The number of piperidine rings is 1. The van der Waals surface area contributed by atoms with Gasteiger partial charge in [0.15, 0.2) is 5.65 Å². The molecule has 0 spiro atoms. The van der Waals surface area contributed by atoms with Crippen LogP contribution in [0.5, 0.6) is 0 Å². The molecule has 0 aliphatic carbocycles. The first-order valence-electron chi connectivity index (χ1n) is 9.93. The number of benzene rings is 2. The predicted molar refractivity (Wildman–Crippen MR) is 118 cm³/mol. The highest BCUT2D eigenvalue weighted by Gasteiger charge is 2.22. The van der Waals surface area contributed by atoms with Crippen molar-refractivity contribution < 1.29 is 4.39 Å². The van der Waals surface area contributed by atoms with Crippen molar-refractivity contribution in [1.29, 1.82) is 0 Å². The first-order chi connectivity index (χ1) is 14.6. The van der Waals surface area contributed by atoms with E-state index in [1.54, 1.807) is 12.1 Å². The molecule has 5 rings (SSSR count). The van der Waals surface area contributed by atoms with Crippen molar-refractivity contribution in [3.63, 3.8) is 0 Å². The highest BCUT2D eigenvalue weighted by Crippen LogP contribution is 2.34. The fraction of sp³-hybridized carbons (Fsp3) is 0.227. The van der Waals surface area contributed by atoms with Crippen LogP contribution in [0.4, 0.5) is 16.2 Å². The molecule has 6 nitrogen and oxygen atoms in total. The molecule has 8 heteroatoms. The third kappa shape index (κ3) is 3.35. The van der Waals surface area contributed by atoms with Gasteiger partial charge in [-0.05, 0) is 49.6 Å². The van der Waals surface area contributed by atoms with Gasteiger partial charge in [0, 0.05) is 23.7 Å². The van der Waals surface area contributed by atoms with E-state index in [1.807, 2.05) is 24.3 Å². The Morgan fingerprint density at radius 1 is 0.967 bits per heavy atom. The zero-order valence-electron chi connectivity index (χ0n) is 16.2. The van der Waals surface area contributed by atoms with Crippen LogP contribution in [0.1, 0.15) is 19.3 Å². The number of nitrogens with two attached hydrogens (primary N) is 1. The van der Waals surface area contributed by atoms with Gasteiger partial charge in [-0.25, -0.2) is 14.1 Å². The summed E-state index contributed by atoms with van der Waals surface area (Å²) >= 11 is 6.08. The maximum absolute atomic E-state index is 13.8. The Bertz CT molecular complexity index is 1210. The van der Waals surface area contributed by atoms with Gasteiger partial charge in [-0.15, -0.1) is 5.10 Å². The lowest BCUT2D eigenvalue weighted by Gasteiger charge is -2.26. The number of halogens is 2. The zero-order valence-corrected chi connectivity index (χ0v) is 17.0. The molecule has 4 aromatic rings. The summed E-state index contributed by atoms with van der Waals surface area (Å²) in [6.07, 6.45) is 3.43. The molecule has 0 radical (unpaired) electrons. The third-order valence-electron chi connectivity index (χ3n) is 5.37. The van der Waals surface area contributed by atoms with E-state index in [-0.39, 0.29) is 5.82 Å². The van der Waals surface area contributed by atoms with Crippen LogP contribution in [0.3, 0.4) is 0 Å². The SMILES string of the molecule is Nc1c2c(-c3ccc(Cl)cc3)nc(N3CCCCC3)nc2nn1-c1cccc(F)c1. The van der Waals surface area contributed by atoms with E-state index < -0.39 is 0 Å². The minimum atomic E-state index is -0.357. The molecular weight excluding hydrogens is 403 g/mol. The van der Waals surface area contributed by atoms with Crippen LogP contribution in [0.25, 0.3) is 28.0 Å². The fourth-order valence-corrected chi connectivity index (χ4v) is 3.98. The second-order valence-electron chi connectivity index (χ2n) is 7.40. The minimum Gasteiger partial charge on any atom is -0.383 e. The molecule has 0 saturated carbocycles. The molecule has 30 heavy (non-hydrogen) atoms. The molecule has 1 aliphatic heterocycles. The van der Waals surface area contributed by atoms with Gasteiger partial charge in [-0.3, -0.25) is 0 Å². The van der Waals surface area contributed by atoms with Crippen LogP contribution >= 0.6 is 11.6 Å². The van der Waals surface area contributed by atoms with Crippen molar-refractivity contribution in [2.45, 2.75) is 19.3 Å². The Kier molecular flexibility index (Phi) is 4.75. The number of rotatable bonds is 3. The van der Waals surface area contributed by atoms with Gasteiger partial charge in [0.05, 0.1) is 16.8 Å². The maximum atomic E-state index is 13.8. The van der Waals surface area contributed by atoms with Gasteiger partial charge in [0.2, 0.25) is 5.95 Å². The number of nitrogen functional groups attached to an aromatic ring is 1. The van der Waals surface area contributed by atoms with E-state index in [4.69, 9.17) is 27.3 Å². The van der Waals surface area contributed by atoms with E-state index in [1.165, 1.54) is 23.2 Å². The Morgan fingerprint density at radius 3 is 2.47 bits per heavy atom. The summed E-state index contributed by atoms with van der Waals surface area (Å²) in [6.45, 7) is 1.82. The van der Waals surface area contributed by atoms with Crippen molar-refractivity contribution in [3.8, 4) is 16.9 Å². The minimum absolute atomic E-state index is 0.357. The van der Waals surface area contributed by atoms with Crippen LogP contribution in [0, 0.1) is 5.82 Å². The number of hydrogen-bond acceptors (Lipinski definition) is 5. The Morgan fingerprint density at radius 2 is 1.73 bits per heavy atom. The Hall–Kier alpha value is -3.19. The van der Waals surface area contributed by atoms with E-state index in [0.717, 1.165) is 31.5 Å². The Labute approximate surface area is 178 Å². The summed E-state index contributed by atoms with van der Waals surface area (Å²) < 4.78 is 15.3. The lowest BCUT2D eigenvalue weighted by molar-refractivity contribution is 0.569. The molecule has 152 valence electrons. The number of aromatic nitrogens is 4. The summed E-state index contributed by atoms with van der Waals surface area (Å²) in [7, 11) is 0. The Balaban J connectivity index is 1.74. The highest BCUT2D eigenvalue weighted by atomic mass is 35.5.